The third-order valence-electron chi connectivity index (χ3n) is 3.65. The van der Waals surface area contributed by atoms with E-state index in [0.717, 1.165) is 0 Å². The van der Waals surface area contributed by atoms with Crippen LogP contribution in [0.1, 0.15) is 34.1 Å². The Bertz CT molecular complexity index is 436. The summed E-state index contributed by atoms with van der Waals surface area (Å²) in [7, 11) is 1.78. The third-order valence-corrected chi connectivity index (χ3v) is 3.65. The van der Waals surface area contributed by atoms with Crippen molar-refractivity contribution in [2.24, 2.45) is 11.7 Å². The molecule has 10 heteroatoms. The van der Waals surface area contributed by atoms with E-state index in [1.807, 2.05) is 20.8 Å². The fourth-order valence-corrected chi connectivity index (χ4v) is 2.05. The van der Waals surface area contributed by atoms with Crippen LogP contribution in [0, 0.1) is 5.92 Å². The second kappa shape index (κ2) is 22.1. The first-order valence-corrected chi connectivity index (χ1v) is 10.5. The molecular weight excluding hydrogens is 392 g/mol. The van der Waals surface area contributed by atoms with Crippen LogP contribution in [-0.2, 0) is 28.6 Å². The average molecular weight is 435 g/mol. The Morgan fingerprint density at radius 2 is 1.33 bits per heavy atom. The summed E-state index contributed by atoms with van der Waals surface area (Å²) in [4.78, 5) is 32.2. The first kappa shape index (κ1) is 30.6. The van der Waals surface area contributed by atoms with Gasteiger partial charge in [0.05, 0.1) is 51.7 Å². The molecule has 1 unspecified atom stereocenters. The Hall–Kier alpha value is -1.59. The van der Waals surface area contributed by atoms with Crippen molar-refractivity contribution in [3.05, 3.63) is 0 Å². The van der Waals surface area contributed by atoms with Crippen LogP contribution in [-0.4, -0.2) is 90.0 Å². The molecule has 5 N–H and O–H groups in total. The average Bonchev–Trinajstić information content (AvgIpc) is 2.71. The van der Waals surface area contributed by atoms with Crippen molar-refractivity contribution in [2.45, 2.75) is 46.2 Å². The molecular formula is C20H42N4O6. The Morgan fingerprint density at radius 3 is 1.70 bits per heavy atom. The minimum absolute atomic E-state index is 0.00961. The maximum Gasteiger partial charge on any atom is 0.237 e. The molecule has 2 amide bonds. The number of rotatable bonds is 17. The first-order chi connectivity index (χ1) is 14.3. The minimum Gasteiger partial charge on any atom is -0.377 e. The van der Waals surface area contributed by atoms with Gasteiger partial charge in [0.15, 0.2) is 0 Å². The summed E-state index contributed by atoms with van der Waals surface area (Å²) in [5, 5.41) is 8.57. The Morgan fingerprint density at radius 1 is 0.900 bits per heavy atom. The van der Waals surface area contributed by atoms with Crippen molar-refractivity contribution in [3.63, 3.8) is 0 Å². The lowest BCUT2D eigenvalue weighted by atomic mass is 10.0. The number of ether oxygens (including phenoxy) is 3. The van der Waals surface area contributed by atoms with Crippen LogP contribution in [0.25, 0.3) is 0 Å². The van der Waals surface area contributed by atoms with Gasteiger partial charge in [0.2, 0.25) is 11.8 Å². The number of nitrogens with one attached hydrogen (secondary N) is 3. The second-order valence-electron chi connectivity index (χ2n) is 6.84. The lowest BCUT2D eigenvalue weighted by Gasteiger charge is -2.19. The van der Waals surface area contributed by atoms with E-state index in [-0.39, 0.29) is 29.8 Å². The maximum atomic E-state index is 11.9. The third kappa shape index (κ3) is 21.1. The van der Waals surface area contributed by atoms with E-state index in [2.05, 4.69) is 16.0 Å². The van der Waals surface area contributed by atoms with E-state index < -0.39 is 0 Å². The molecule has 178 valence electrons. The quantitative estimate of drug-likeness (QED) is 0.177. The van der Waals surface area contributed by atoms with E-state index in [1.165, 1.54) is 0 Å². The fraction of sp³-hybridized carbons (Fsp3) is 0.850. The molecule has 0 fully saturated rings. The number of carbonyl (C=O) groups excluding carboxylic acids is 3. The lowest BCUT2D eigenvalue weighted by Crippen LogP contribution is -2.46. The van der Waals surface area contributed by atoms with Crippen molar-refractivity contribution >= 4 is 18.1 Å². The molecule has 0 heterocycles. The summed E-state index contributed by atoms with van der Waals surface area (Å²) in [5.74, 6) is 0.257. The van der Waals surface area contributed by atoms with Gasteiger partial charge in [-0.1, -0.05) is 20.8 Å². The topological polar surface area (TPSA) is 141 Å². The largest absolute Gasteiger partial charge is 0.377 e. The van der Waals surface area contributed by atoms with Gasteiger partial charge in [-0.25, -0.2) is 0 Å². The number of amides is 2. The van der Waals surface area contributed by atoms with Gasteiger partial charge in [-0.15, -0.1) is 0 Å². The van der Waals surface area contributed by atoms with E-state index in [9.17, 15) is 14.4 Å². The van der Waals surface area contributed by atoms with Crippen molar-refractivity contribution in [3.8, 4) is 0 Å². The number of carbonyl (C=O) groups is 3. The van der Waals surface area contributed by atoms with Crippen LogP contribution in [0.2, 0.25) is 0 Å². The Kier molecular flexibility index (Phi) is 22.5. The summed E-state index contributed by atoms with van der Waals surface area (Å²) >= 11 is 0. The number of aldehydes is 1. The number of nitrogens with two attached hydrogens (primary N) is 1. The molecule has 0 saturated carbocycles. The van der Waals surface area contributed by atoms with Gasteiger partial charge in [0.25, 0.3) is 0 Å². The molecule has 0 aromatic heterocycles. The molecule has 0 saturated heterocycles. The van der Waals surface area contributed by atoms with Gasteiger partial charge in [-0.05, 0) is 19.9 Å². The van der Waals surface area contributed by atoms with Gasteiger partial charge in [0, 0.05) is 19.5 Å². The SMILES string of the molecule is CC(N)C=O.CCC(=O)NCCOCCOCCOCCNC(=O)[C@H](NC)C(C)C. The summed E-state index contributed by atoms with van der Waals surface area (Å²) < 4.78 is 16.1. The van der Waals surface area contributed by atoms with E-state index in [1.54, 1.807) is 14.0 Å². The monoisotopic (exact) mass is 434 g/mol. The normalized spacial score (nSPS) is 12.5. The number of likely N-dealkylation sites (N-methyl/N-ethyl adjacent to an activating group) is 1. The van der Waals surface area contributed by atoms with Crippen molar-refractivity contribution < 1.29 is 28.6 Å². The summed E-state index contributed by atoms with van der Waals surface area (Å²) in [5.41, 5.74) is 4.92. The van der Waals surface area contributed by atoms with Gasteiger partial charge in [-0.2, -0.15) is 0 Å². The predicted molar refractivity (Wildman–Crippen MR) is 116 cm³/mol. The van der Waals surface area contributed by atoms with Gasteiger partial charge < -0.3 is 40.7 Å². The summed E-state index contributed by atoms with van der Waals surface area (Å²) in [6, 6.07) is -0.478. The first-order valence-electron chi connectivity index (χ1n) is 10.5. The lowest BCUT2D eigenvalue weighted by molar-refractivity contribution is -0.124. The van der Waals surface area contributed by atoms with E-state index in [0.29, 0.717) is 65.4 Å². The van der Waals surface area contributed by atoms with E-state index >= 15 is 0 Å². The van der Waals surface area contributed by atoms with Gasteiger partial charge in [0.1, 0.15) is 6.29 Å². The molecule has 10 nitrogen and oxygen atoms in total. The molecule has 0 bridgehead atoms. The standard InChI is InChI=1S/C17H35N3O5.C3H7NO/c1-5-15(21)19-6-8-23-10-12-25-13-11-24-9-7-20-17(22)16(18-4)14(2)3;1-3(4)2-5/h14,16,18H,5-13H2,1-4H3,(H,19,21)(H,20,22);2-3H,4H2,1H3/t16-;/m1./s1. The zero-order chi connectivity index (χ0) is 23.2. The van der Waals surface area contributed by atoms with Crippen LogP contribution in [0.3, 0.4) is 0 Å². The molecule has 2 atom stereocenters. The van der Waals surface area contributed by atoms with Gasteiger partial charge >= 0.3 is 0 Å². The molecule has 0 aromatic carbocycles. The molecule has 0 radical (unpaired) electrons. The highest BCUT2D eigenvalue weighted by Crippen LogP contribution is 2.00. The number of hydrogen-bond acceptors (Lipinski definition) is 8. The molecule has 0 aliphatic heterocycles. The predicted octanol–water partition coefficient (Wildman–Crippen LogP) is -0.545. The summed E-state index contributed by atoms with van der Waals surface area (Å²) in [6.45, 7) is 11.3. The number of hydrogen-bond donors (Lipinski definition) is 4. The highest BCUT2D eigenvalue weighted by molar-refractivity contribution is 5.81. The zero-order valence-corrected chi connectivity index (χ0v) is 19.2. The van der Waals surface area contributed by atoms with Crippen LogP contribution in [0.5, 0.6) is 0 Å². The van der Waals surface area contributed by atoms with Crippen molar-refractivity contribution in [1.29, 1.82) is 0 Å². The van der Waals surface area contributed by atoms with Crippen LogP contribution >= 0.6 is 0 Å². The zero-order valence-electron chi connectivity index (χ0n) is 19.2. The Labute approximate surface area is 180 Å². The van der Waals surface area contributed by atoms with Crippen molar-refractivity contribution in [2.75, 3.05) is 59.8 Å². The van der Waals surface area contributed by atoms with Crippen LogP contribution in [0.4, 0.5) is 0 Å². The van der Waals surface area contributed by atoms with Gasteiger partial charge in [-0.3, -0.25) is 9.59 Å². The molecule has 0 aliphatic rings. The smallest absolute Gasteiger partial charge is 0.237 e. The van der Waals surface area contributed by atoms with Crippen LogP contribution in [0.15, 0.2) is 0 Å². The summed E-state index contributed by atoms with van der Waals surface area (Å²) in [6.07, 6.45) is 1.18. The molecule has 0 rings (SSSR count). The molecule has 0 aliphatic carbocycles. The minimum atomic E-state index is -0.296. The molecule has 0 aromatic rings. The van der Waals surface area contributed by atoms with Crippen molar-refractivity contribution in [1.82, 2.24) is 16.0 Å². The fourth-order valence-electron chi connectivity index (χ4n) is 2.05. The highest BCUT2D eigenvalue weighted by Gasteiger charge is 2.18. The molecule has 0 spiro atoms. The molecule has 30 heavy (non-hydrogen) atoms. The maximum absolute atomic E-state index is 11.9. The second-order valence-corrected chi connectivity index (χ2v) is 6.84. The van der Waals surface area contributed by atoms with E-state index in [4.69, 9.17) is 19.9 Å². The van der Waals surface area contributed by atoms with Crippen LogP contribution < -0.4 is 21.7 Å². The highest BCUT2D eigenvalue weighted by atomic mass is 16.5. The Balaban J connectivity index is 0.